The zero-order valence-electron chi connectivity index (χ0n) is 45.3. The van der Waals surface area contributed by atoms with Crippen molar-refractivity contribution in [2.45, 2.75) is 258 Å². The van der Waals surface area contributed by atoms with Gasteiger partial charge in [-0.1, -0.05) is 203 Å². The highest BCUT2D eigenvalue weighted by Crippen LogP contribution is 2.23. The monoisotopic (exact) mass is 1000 g/mol. The van der Waals surface area contributed by atoms with Crippen molar-refractivity contribution in [3.05, 3.63) is 0 Å². The van der Waals surface area contributed by atoms with Crippen LogP contribution in [0.1, 0.15) is 233 Å². The predicted octanol–water partition coefficient (Wildman–Crippen LogP) is 12.1. The first-order valence-electron chi connectivity index (χ1n) is 29.2. The van der Waals surface area contributed by atoms with Gasteiger partial charge in [-0.3, -0.25) is 24.4 Å². The van der Waals surface area contributed by atoms with Crippen LogP contribution in [0.5, 0.6) is 0 Å². The minimum atomic E-state index is -0.372. The molecule has 1 aliphatic rings. The van der Waals surface area contributed by atoms with Gasteiger partial charge in [0.05, 0.1) is 24.4 Å². The first kappa shape index (κ1) is 65.9. The predicted molar refractivity (Wildman–Crippen MR) is 296 cm³/mol. The van der Waals surface area contributed by atoms with Crippen molar-refractivity contribution in [1.29, 1.82) is 0 Å². The molecule has 0 aromatic carbocycles. The van der Waals surface area contributed by atoms with Gasteiger partial charge in [0.1, 0.15) is 6.61 Å². The molecule has 4 unspecified atom stereocenters. The van der Waals surface area contributed by atoms with E-state index in [-0.39, 0.29) is 30.4 Å². The topological polar surface area (TPSA) is 120 Å². The van der Waals surface area contributed by atoms with E-state index in [0.717, 1.165) is 134 Å². The summed E-state index contributed by atoms with van der Waals surface area (Å²) in [6.45, 7) is 19.7. The molecule has 0 amide bonds. The Balaban J connectivity index is 2.30. The molecule has 1 aliphatic heterocycles. The molecule has 10 nitrogen and oxygen atoms in total. The molecule has 0 aromatic heterocycles. The van der Waals surface area contributed by atoms with Gasteiger partial charge in [0, 0.05) is 83.4 Å². The fourth-order valence-corrected chi connectivity index (χ4v) is 11.6. The van der Waals surface area contributed by atoms with E-state index in [9.17, 15) is 25.2 Å². The van der Waals surface area contributed by atoms with Crippen LogP contribution in [0.3, 0.4) is 0 Å². The SMILES string of the molecule is CCCCCCCCC(O)CN(CCCCC(=O)OCCN1CCN(CCSSCCCN(CC(O)CCCCCCCC)CC(O)CCCCCCCC)CC1)CC(O)CCCCCCCC. The van der Waals surface area contributed by atoms with Crippen molar-refractivity contribution < 1.29 is 30.0 Å². The number of rotatable bonds is 52. The Morgan fingerprint density at radius 3 is 1.18 bits per heavy atom. The molecule has 0 aliphatic carbocycles. The maximum Gasteiger partial charge on any atom is 0.305 e. The van der Waals surface area contributed by atoms with Gasteiger partial charge in [-0.15, -0.1) is 0 Å². The lowest BCUT2D eigenvalue weighted by molar-refractivity contribution is -0.144. The molecule has 0 bridgehead atoms. The van der Waals surface area contributed by atoms with Crippen molar-refractivity contribution in [3.63, 3.8) is 0 Å². The van der Waals surface area contributed by atoms with Gasteiger partial charge in [0.15, 0.2) is 0 Å². The Bertz CT molecular complexity index is 1010. The van der Waals surface area contributed by atoms with Crippen LogP contribution in [0.4, 0.5) is 0 Å². The van der Waals surface area contributed by atoms with E-state index in [1.807, 2.05) is 21.6 Å². The number of ether oxygens (including phenoxy) is 1. The molecule has 68 heavy (non-hydrogen) atoms. The Morgan fingerprint density at radius 1 is 0.441 bits per heavy atom. The second-order valence-corrected chi connectivity index (χ2v) is 23.4. The van der Waals surface area contributed by atoms with Gasteiger partial charge in [-0.25, -0.2) is 0 Å². The average Bonchev–Trinajstić information content (AvgIpc) is 3.32. The third-order valence-electron chi connectivity index (χ3n) is 14.0. The van der Waals surface area contributed by atoms with Gasteiger partial charge < -0.3 is 25.2 Å². The highest BCUT2D eigenvalue weighted by Gasteiger charge is 2.19. The van der Waals surface area contributed by atoms with E-state index in [4.69, 9.17) is 4.74 Å². The smallest absolute Gasteiger partial charge is 0.305 e. The number of carbonyl (C=O) groups is 1. The molecule has 0 aromatic rings. The normalized spacial score (nSPS) is 15.7. The van der Waals surface area contributed by atoms with E-state index in [1.165, 1.54) is 128 Å². The first-order chi connectivity index (χ1) is 33.2. The number of esters is 1. The Labute approximate surface area is 429 Å². The van der Waals surface area contributed by atoms with Crippen LogP contribution >= 0.6 is 21.6 Å². The van der Waals surface area contributed by atoms with Crippen molar-refractivity contribution in [2.24, 2.45) is 0 Å². The lowest BCUT2D eigenvalue weighted by Crippen LogP contribution is -2.47. The number of hydrogen-bond donors (Lipinski definition) is 4. The number of carbonyl (C=O) groups excluding carboxylic acids is 1. The first-order valence-corrected chi connectivity index (χ1v) is 31.7. The van der Waals surface area contributed by atoms with E-state index < -0.39 is 0 Å². The van der Waals surface area contributed by atoms with Crippen molar-refractivity contribution >= 4 is 27.6 Å². The lowest BCUT2D eigenvalue weighted by atomic mass is 10.1. The molecular weight excluding hydrogens is 889 g/mol. The number of aliphatic hydroxyl groups is 4. The summed E-state index contributed by atoms with van der Waals surface area (Å²) in [5.41, 5.74) is 0. The number of aliphatic hydroxyl groups excluding tert-OH is 4. The Morgan fingerprint density at radius 2 is 0.779 bits per heavy atom. The van der Waals surface area contributed by atoms with Gasteiger partial charge in [0.25, 0.3) is 0 Å². The fourth-order valence-electron chi connectivity index (χ4n) is 9.55. The highest BCUT2D eigenvalue weighted by atomic mass is 33.1. The van der Waals surface area contributed by atoms with Gasteiger partial charge in [-0.05, 0) is 58.0 Å². The molecule has 1 heterocycles. The molecule has 406 valence electrons. The Kier molecular flexibility index (Phi) is 47.5. The minimum absolute atomic E-state index is 0.120. The Hall–Kier alpha value is -0.150. The summed E-state index contributed by atoms with van der Waals surface area (Å²) in [5.74, 6) is 2.07. The molecule has 1 rings (SSSR count). The van der Waals surface area contributed by atoms with Crippen LogP contribution in [-0.2, 0) is 9.53 Å². The second kappa shape index (κ2) is 49.1. The molecule has 0 radical (unpaired) electrons. The molecular formula is C56H114N4O6S2. The molecule has 1 saturated heterocycles. The molecule has 4 atom stereocenters. The molecule has 0 spiro atoms. The third-order valence-corrected chi connectivity index (χ3v) is 16.4. The van der Waals surface area contributed by atoms with Crippen LogP contribution in [-0.4, -0.2) is 167 Å². The summed E-state index contributed by atoms with van der Waals surface area (Å²) in [7, 11) is 3.93. The maximum absolute atomic E-state index is 12.7. The van der Waals surface area contributed by atoms with E-state index in [2.05, 4.69) is 47.3 Å². The van der Waals surface area contributed by atoms with Gasteiger partial charge >= 0.3 is 5.97 Å². The zero-order valence-corrected chi connectivity index (χ0v) is 46.9. The highest BCUT2D eigenvalue weighted by molar-refractivity contribution is 8.76. The molecule has 12 heteroatoms. The fraction of sp³-hybridized carbons (Fsp3) is 0.982. The van der Waals surface area contributed by atoms with Crippen LogP contribution in [0.15, 0.2) is 0 Å². The third kappa shape index (κ3) is 42.4. The van der Waals surface area contributed by atoms with Crippen molar-refractivity contribution in [2.75, 3.05) is 96.6 Å². The molecule has 4 N–H and O–H groups in total. The summed E-state index contributed by atoms with van der Waals surface area (Å²) in [4.78, 5) is 22.2. The standard InChI is InChI=1S/C56H114N4O6S2/c1-5-9-13-17-21-25-32-52(61)48-59(49-53(62)33-26-22-18-14-10-6-2)37-30-29-36-56(65)66-45-43-57-39-41-58(42-40-57)44-47-68-67-46-31-38-60(50-54(63)34-27-23-19-15-11-7-3)51-55(64)35-28-24-20-16-12-8-4/h52-55,61-64H,5-51H2,1-4H3. The van der Waals surface area contributed by atoms with Gasteiger partial charge in [0.2, 0.25) is 0 Å². The lowest BCUT2D eigenvalue weighted by Gasteiger charge is -2.34. The summed E-state index contributed by atoms with van der Waals surface area (Å²) in [6.07, 6.45) is 34.6. The van der Waals surface area contributed by atoms with Crippen LogP contribution in [0.25, 0.3) is 0 Å². The van der Waals surface area contributed by atoms with E-state index in [1.54, 1.807) is 0 Å². The summed E-state index contributed by atoms with van der Waals surface area (Å²) >= 11 is 0. The minimum Gasteiger partial charge on any atom is -0.464 e. The van der Waals surface area contributed by atoms with Crippen molar-refractivity contribution in [3.8, 4) is 0 Å². The van der Waals surface area contributed by atoms with Crippen LogP contribution in [0, 0.1) is 0 Å². The summed E-state index contributed by atoms with van der Waals surface area (Å²) < 4.78 is 5.67. The van der Waals surface area contributed by atoms with Crippen molar-refractivity contribution in [1.82, 2.24) is 19.6 Å². The maximum atomic E-state index is 12.7. The quantitative estimate of drug-likeness (QED) is 0.0264. The molecule has 0 saturated carbocycles. The average molecular weight is 1000 g/mol. The number of unbranched alkanes of at least 4 members (excludes halogenated alkanes) is 21. The summed E-state index contributed by atoms with van der Waals surface area (Å²) in [6, 6.07) is 0. The zero-order chi connectivity index (χ0) is 49.6. The van der Waals surface area contributed by atoms with Crippen LogP contribution < -0.4 is 0 Å². The largest absolute Gasteiger partial charge is 0.464 e. The van der Waals surface area contributed by atoms with E-state index >= 15 is 0 Å². The summed E-state index contributed by atoms with van der Waals surface area (Å²) in [5, 5.41) is 43.5. The van der Waals surface area contributed by atoms with E-state index in [0.29, 0.717) is 39.2 Å². The number of piperazine rings is 1. The van der Waals surface area contributed by atoms with Crippen LogP contribution in [0.2, 0.25) is 0 Å². The number of hydrogen-bond acceptors (Lipinski definition) is 12. The molecule has 1 fully saturated rings. The van der Waals surface area contributed by atoms with Gasteiger partial charge in [-0.2, -0.15) is 0 Å². The second-order valence-electron chi connectivity index (χ2n) is 20.7. The number of nitrogens with zero attached hydrogens (tertiary/aromatic N) is 4.